The second-order valence-electron chi connectivity index (χ2n) is 5.90. The molecule has 1 N–H and O–H groups in total. The molecule has 0 aromatic heterocycles. The summed E-state index contributed by atoms with van der Waals surface area (Å²) in [4.78, 5) is 0. The van der Waals surface area contributed by atoms with E-state index in [1.807, 2.05) is 0 Å². The third-order valence-electron chi connectivity index (χ3n) is 4.73. The fourth-order valence-electron chi connectivity index (χ4n) is 3.32. The summed E-state index contributed by atoms with van der Waals surface area (Å²) in [6.45, 7) is 4.74. The average molecular weight is 220 g/mol. The van der Waals surface area contributed by atoms with Gasteiger partial charge >= 0.3 is 0 Å². The molecule has 90 valence electrons. The van der Waals surface area contributed by atoms with Crippen molar-refractivity contribution in [1.82, 2.24) is 5.32 Å². The summed E-state index contributed by atoms with van der Waals surface area (Å²) in [6.07, 6.45) is 7.50. The summed E-state index contributed by atoms with van der Waals surface area (Å²) >= 11 is 0. The molecule has 5 atom stereocenters. The number of nitrogens with one attached hydrogen (secondary N) is 1. The summed E-state index contributed by atoms with van der Waals surface area (Å²) < 4.78 is 0. The summed E-state index contributed by atoms with van der Waals surface area (Å²) in [5, 5.41) is 12.8. The van der Waals surface area contributed by atoms with Gasteiger partial charge in [0, 0.05) is 12.1 Å². The van der Waals surface area contributed by atoms with Crippen molar-refractivity contribution in [2.24, 2.45) is 17.8 Å². The van der Waals surface area contributed by atoms with Gasteiger partial charge < -0.3 is 5.32 Å². The van der Waals surface area contributed by atoms with Crippen LogP contribution in [-0.2, 0) is 0 Å². The van der Waals surface area contributed by atoms with Crippen LogP contribution in [0.5, 0.6) is 0 Å². The van der Waals surface area contributed by atoms with Gasteiger partial charge in [0.1, 0.15) is 0 Å². The molecule has 0 saturated heterocycles. The number of hydrogen-bond acceptors (Lipinski definition) is 2. The Morgan fingerprint density at radius 2 is 1.88 bits per heavy atom. The Morgan fingerprint density at radius 1 is 1.06 bits per heavy atom. The first-order valence-electron chi connectivity index (χ1n) is 6.86. The van der Waals surface area contributed by atoms with Crippen LogP contribution in [-0.4, -0.2) is 12.1 Å². The maximum atomic E-state index is 9.07. The standard InChI is InChI=1S/C14H24N2/c1-10-6-7-13(8-11(10)2)16-14-5-3-4-12(14)9-15/h10-14,16H,3-8H2,1-2H3. The minimum Gasteiger partial charge on any atom is -0.310 e. The molecule has 0 amide bonds. The first-order chi connectivity index (χ1) is 7.70. The topological polar surface area (TPSA) is 35.8 Å². The van der Waals surface area contributed by atoms with Crippen LogP contribution in [0.2, 0.25) is 0 Å². The van der Waals surface area contributed by atoms with E-state index in [-0.39, 0.29) is 5.92 Å². The van der Waals surface area contributed by atoms with Gasteiger partial charge in [-0.05, 0) is 43.9 Å². The molecule has 0 aliphatic heterocycles. The lowest BCUT2D eigenvalue weighted by atomic mass is 9.79. The second-order valence-corrected chi connectivity index (χ2v) is 5.90. The molecule has 5 unspecified atom stereocenters. The molecule has 0 aromatic carbocycles. The molecule has 0 radical (unpaired) electrons. The van der Waals surface area contributed by atoms with Crippen LogP contribution in [0.3, 0.4) is 0 Å². The first kappa shape index (κ1) is 11.9. The molecule has 2 heteroatoms. The Hall–Kier alpha value is -0.550. The van der Waals surface area contributed by atoms with Crippen LogP contribution in [0.1, 0.15) is 52.4 Å². The van der Waals surface area contributed by atoms with Gasteiger partial charge in [-0.3, -0.25) is 0 Å². The van der Waals surface area contributed by atoms with E-state index in [1.165, 1.54) is 32.1 Å². The summed E-state index contributed by atoms with van der Waals surface area (Å²) in [6, 6.07) is 3.61. The van der Waals surface area contributed by atoms with Crippen LogP contribution in [0.25, 0.3) is 0 Å². The van der Waals surface area contributed by atoms with Gasteiger partial charge in [-0.1, -0.05) is 20.3 Å². The molecule has 0 bridgehead atoms. The number of nitriles is 1. The molecule has 16 heavy (non-hydrogen) atoms. The van der Waals surface area contributed by atoms with E-state index in [4.69, 9.17) is 5.26 Å². The van der Waals surface area contributed by atoms with Crippen LogP contribution in [0.15, 0.2) is 0 Å². The summed E-state index contributed by atoms with van der Waals surface area (Å²) in [7, 11) is 0. The third kappa shape index (κ3) is 2.58. The molecule has 0 aromatic rings. The van der Waals surface area contributed by atoms with Gasteiger partial charge in [0.05, 0.1) is 12.0 Å². The highest BCUT2D eigenvalue weighted by Crippen LogP contribution is 2.32. The van der Waals surface area contributed by atoms with Gasteiger partial charge in [0.2, 0.25) is 0 Å². The Bertz CT molecular complexity index is 268. The maximum Gasteiger partial charge on any atom is 0.0672 e. The smallest absolute Gasteiger partial charge is 0.0672 e. The van der Waals surface area contributed by atoms with E-state index in [2.05, 4.69) is 25.2 Å². The molecule has 2 rings (SSSR count). The zero-order valence-corrected chi connectivity index (χ0v) is 10.6. The van der Waals surface area contributed by atoms with Gasteiger partial charge in [-0.25, -0.2) is 0 Å². The molecular weight excluding hydrogens is 196 g/mol. The molecule has 0 heterocycles. The SMILES string of the molecule is CC1CCC(NC2CCCC2C#N)CC1C. The lowest BCUT2D eigenvalue weighted by Gasteiger charge is -2.34. The normalized spacial score (nSPS) is 44.2. The fraction of sp³-hybridized carbons (Fsp3) is 0.929. The average Bonchev–Trinajstić information content (AvgIpc) is 2.71. The van der Waals surface area contributed by atoms with Crippen LogP contribution in [0, 0.1) is 29.1 Å². The van der Waals surface area contributed by atoms with Gasteiger partial charge in [0.25, 0.3) is 0 Å². The van der Waals surface area contributed by atoms with Crippen LogP contribution in [0.4, 0.5) is 0 Å². The Kier molecular flexibility index (Phi) is 3.86. The Balaban J connectivity index is 1.84. The largest absolute Gasteiger partial charge is 0.310 e. The lowest BCUT2D eigenvalue weighted by Crippen LogP contribution is -2.43. The fourth-order valence-corrected chi connectivity index (χ4v) is 3.32. The van der Waals surface area contributed by atoms with Crippen molar-refractivity contribution in [3.05, 3.63) is 0 Å². The second kappa shape index (κ2) is 5.19. The summed E-state index contributed by atoms with van der Waals surface area (Å²) in [5.74, 6) is 2.00. The van der Waals surface area contributed by atoms with E-state index < -0.39 is 0 Å². The van der Waals surface area contributed by atoms with Crippen LogP contribution >= 0.6 is 0 Å². The molecular formula is C14H24N2. The monoisotopic (exact) mass is 220 g/mol. The van der Waals surface area contributed by atoms with E-state index in [9.17, 15) is 0 Å². The Morgan fingerprint density at radius 3 is 2.56 bits per heavy atom. The first-order valence-corrected chi connectivity index (χ1v) is 6.86. The van der Waals surface area contributed by atoms with Crippen LogP contribution < -0.4 is 5.32 Å². The van der Waals surface area contributed by atoms with Gasteiger partial charge in [-0.15, -0.1) is 0 Å². The van der Waals surface area contributed by atoms with Crippen molar-refractivity contribution in [1.29, 1.82) is 5.26 Å². The van der Waals surface area contributed by atoms with Crippen molar-refractivity contribution >= 4 is 0 Å². The highest BCUT2D eigenvalue weighted by Gasteiger charge is 2.31. The third-order valence-corrected chi connectivity index (χ3v) is 4.73. The molecule has 2 fully saturated rings. The molecule has 2 saturated carbocycles. The van der Waals surface area contributed by atoms with E-state index in [0.29, 0.717) is 12.1 Å². The minimum absolute atomic E-state index is 0.273. The zero-order valence-electron chi connectivity index (χ0n) is 10.6. The van der Waals surface area contributed by atoms with E-state index in [1.54, 1.807) is 0 Å². The number of hydrogen-bond donors (Lipinski definition) is 1. The van der Waals surface area contributed by atoms with Gasteiger partial charge in [-0.2, -0.15) is 5.26 Å². The Labute approximate surface area is 99.4 Å². The van der Waals surface area contributed by atoms with Crippen molar-refractivity contribution in [2.75, 3.05) is 0 Å². The molecule has 0 spiro atoms. The molecule has 2 aliphatic carbocycles. The van der Waals surface area contributed by atoms with Crippen molar-refractivity contribution in [2.45, 2.75) is 64.5 Å². The quantitative estimate of drug-likeness (QED) is 0.776. The number of nitrogens with zero attached hydrogens (tertiary/aromatic N) is 1. The lowest BCUT2D eigenvalue weighted by molar-refractivity contribution is 0.210. The highest BCUT2D eigenvalue weighted by molar-refractivity contribution is 4.98. The molecule has 2 aliphatic rings. The predicted molar refractivity (Wildman–Crippen MR) is 65.8 cm³/mol. The minimum atomic E-state index is 0.273. The summed E-state index contributed by atoms with van der Waals surface area (Å²) in [5.41, 5.74) is 0. The predicted octanol–water partition coefficient (Wildman–Crippen LogP) is 3.09. The van der Waals surface area contributed by atoms with E-state index in [0.717, 1.165) is 18.3 Å². The van der Waals surface area contributed by atoms with Crippen molar-refractivity contribution < 1.29 is 0 Å². The van der Waals surface area contributed by atoms with Crippen molar-refractivity contribution in [3.8, 4) is 6.07 Å². The van der Waals surface area contributed by atoms with Gasteiger partial charge in [0.15, 0.2) is 0 Å². The highest BCUT2D eigenvalue weighted by atomic mass is 15.0. The maximum absolute atomic E-state index is 9.07. The number of rotatable bonds is 2. The molecule has 2 nitrogen and oxygen atoms in total. The zero-order chi connectivity index (χ0) is 11.5. The van der Waals surface area contributed by atoms with E-state index >= 15 is 0 Å². The van der Waals surface area contributed by atoms with Crippen molar-refractivity contribution in [3.63, 3.8) is 0 Å².